The minimum absolute atomic E-state index is 0.0183. The second-order valence-electron chi connectivity index (χ2n) is 7.88. The lowest BCUT2D eigenvalue weighted by Crippen LogP contribution is -2.17. The maximum Gasteiger partial charge on any atom is 0.131 e. The highest BCUT2D eigenvalue weighted by molar-refractivity contribution is 5.47. The Labute approximate surface area is 134 Å². The molecule has 0 bridgehead atoms. The first-order valence-corrected chi connectivity index (χ1v) is 7.76. The smallest absolute Gasteiger partial charge is 0.131 e. The number of ether oxygens (including phenoxy) is 1. The van der Waals surface area contributed by atoms with Crippen LogP contribution in [0, 0.1) is 0 Å². The van der Waals surface area contributed by atoms with E-state index in [1.807, 2.05) is 24.3 Å². The van der Waals surface area contributed by atoms with Gasteiger partial charge in [0, 0.05) is 11.3 Å². The van der Waals surface area contributed by atoms with E-state index in [1.54, 1.807) is 0 Å². The van der Waals surface area contributed by atoms with Gasteiger partial charge in [-0.1, -0.05) is 53.7 Å². The van der Waals surface area contributed by atoms with Crippen LogP contribution in [0.15, 0.2) is 42.5 Å². The van der Waals surface area contributed by atoms with E-state index in [9.17, 15) is 0 Å². The molecule has 22 heavy (non-hydrogen) atoms. The van der Waals surface area contributed by atoms with E-state index in [1.165, 1.54) is 11.1 Å². The number of benzene rings is 2. The Balaban J connectivity index is 2.44. The fourth-order valence-electron chi connectivity index (χ4n) is 2.33. The molecule has 0 radical (unpaired) electrons. The summed E-state index contributed by atoms with van der Waals surface area (Å²) < 4.78 is 6.10. The Morgan fingerprint density at radius 1 is 0.773 bits per heavy atom. The van der Waals surface area contributed by atoms with Gasteiger partial charge in [-0.15, -0.1) is 0 Å². The summed E-state index contributed by atoms with van der Waals surface area (Å²) >= 11 is 0. The molecule has 118 valence electrons. The molecule has 2 aromatic rings. The van der Waals surface area contributed by atoms with Gasteiger partial charge in [-0.25, -0.2) is 0 Å². The van der Waals surface area contributed by atoms with E-state index in [0.29, 0.717) is 0 Å². The van der Waals surface area contributed by atoms with E-state index >= 15 is 0 Å². The third-order valence-electron chi connectivity index (χ3n) is 3.76. The molecule has 0 fully saturated rings. The molecule has 2 rings (SSSR count). The summed E-state index contributed by atoms with van der Waals surface area (Å²) in [6.45, 7) is 13.3. The van der Waals surface area contributed by atoms with Crippen molar-refractivity contribution in [3.05, 3.63) is 53.6 Å². The Bertz CT molecular complexity index is 643. The van der Waals surface area contributed by atoms with Crippen molar-refractivity contribution in [3.8, 4) is 11.5 Å². The lowest BCUT2D eigenvalue weighted by Gasteiger charge is -2.27. The van der Waals surface area contributed by atoms with Crippen molar-refractivity contribution in [3.63, 3.8) is 0 Å². The Morgan fingerprint density at radius 3 is 1.86 bits per heavy atom. The maximum atomic E-state index is 6.10. The summed E-state index contributed by atoms with van der Waals surface area (Å²) in [4.78, 5) is 0. The van der Waals surface area contributed by atoms with Crippen molar-refractivity contribution in [1.82, 2.24) is 0 Å². The fraction of sp³-hybridized carbons (Fsp3) is 0.400. The van der Waals surface area contributed by atoms with Gasteiger partial charge < -0.3 is 10.5 Å². The molecule has 0 aromatic heterocycles. The highest BCUT2D eigenvalue weighted by Gasteiger charge is 2.23. The zero-order valence-electron chi connectivity index (χ0n) is 14.5. The second-order valence-corrected chi connectivity index (χ2v) is 7.88. The van der Waals surface area contributed by atoms with Crippen molar-refractivity contribution in [2.75, 3.05) is 5.73 Å². The van der Waals surface area contributed by atoms with Crippen LogP contribution >= 0.6 is 0 Å². The van der Waals surface area contributed by atoms with Crippen LogP contribution in [0.3, 0.4) is 0 Å². The molecule has 0 aliphatic rings. The van der Waals surface area contributed by atoms with Crippen LogP contribution in [0.25, 0.3) is 0 Å². The summed E-state index contributed by atoms with van der Waals surface area (Å²) in [5, 5.41) is 0. The molecule has 0 atom stereocenters. The summed E-state index contributed by atoms with van der Waals surface area (Å²) in [7, 11) is 0. The van der Waals surface area contributed by atoms with Gasteiger partial charge in [0.1, 0.15) is 11.5 Å². The Kier molecular flexibility index (Phi) is 4.23. The lowest BCUT2D eigenvalue weighted by molar-refractivity contribution is 0.453. The van der Waals surface area contributed by atoms with Crippen LogP contribution in [0.5, 0.6) is 11.5 Å². The quantitative estimate of drug-likeness (QED) is 0.726. The van der Waals surface area contributed by atoms with E-state index in [0.717, 1.165) is 17.2 Å². The van der Waals surface area contributed by atoms with Crippen molar-refractivity contribution < 1.29 is 4.74 Å². The summed E-state index contributed by atoms with van der Waals surface area (Å²) in [6.07, 6.45) is 0. The zero-order valence-corrected chi connectivity index (χ0v) is 14.5. The molecule has 0 aliphatic carbocycles. The highest BCUT2D eigenvalue weighted by atomic mass is 16.5. The molecule has 0 saturated carbocycles. The maximum absolute atomic E-state index is 6.10. The van der Waals surface area contributed by atoms with E-state index in [-0.39, 0.29) is 10.8 Å². The predicted octanol–water partition coefficient (Wildman–Crippen LogP) is 5.66. The topological polar surface area (TPSA) is 35.2 Å². The molecule has 0 unspecified atom stereocenters. The van der Waals surface area contributed by atoms with Crippen molar-refractivity contribution in [1.29, 1.82) is 0 Å². The van der Waals surface area contributed by atoms with Gasteiger partial charge in [-0.05, 0) is 46.7 Å². The first-order chi connectivity index (χ1) is 10.1. The molecule has 2 heteroatoms. The molecule has 0 amide bonds. The summed E-state index contributed by atoms with van der Waals surface area (Å²) in [6, 6.07) is 14.0. The van der Waals surface area contributed by atoms with Crippen molar-refractivity contribution >= 4 is 5.69 Å². The average molecular weight is 297 g/mol. The van der Waals surface area contributed by atoms with Gasteiger partial charge in [0.25, 0.3) is 0 Å². The molecular formula is C20H27NO. The first kappa shape index (κ1) is 16.4. The van der Waals surface area contributed by atoms with Gasteiger partial charge in [-0.3, -0.25) is 0 Å². The van der Waals surface area contributed by atoms with Crippen molar-refractivity contribution in [2.45, 2.75) is 52.4 Å². The van der Waals surface area contributed by atoms with Crippen LogP contribution in [0.1, 0.15) is 52.7 Å². The molecule has 0 saturated heterocycles. The Morgan fingerprint density at radius 2 is 1.36 bits per heavy atom. The number of hydrogen-bond acceptors (Lipinski definition) is 2. The largest absolute Gasteiger partial charge is 0.457 e. The van der Waals surface area contributed by atoms with Crippen molar-refractivity contribution in [2.24, 2.45) is 0 Å². The van der Waals surface area contributed by atoms with Gasteiger partial charge in [0.2, 0.25) is 0 Å². The number of anilines is 1. The zero-order chi connectivity index (χ0) is 16.5. The molecule has 2 nitrogen and oxygen atoms in total. The van der Waals surface area contributed by atoms with Gasteiger partial charge >= 0.3 is 0 Å². The molecule has 2 N–H and O–H groups in total. The number of nitrogen functional groups attached to an aromatic ring is 1. The predicted molar refractivity (Wildman–Crippen MR) is 94.8 cm³/mol. The number of nitrogens with two attached hydrogens (primary N) is 1. The normalized spacial score (nSPS) is 12.3. The van der Waals surface area contributed by atoms with Gasteiger partial charge in [-0.2, -0.15) is 0 Å². The SMILES string of the molecule is CC(C)(C)c1ccc(Oc2ccc(N)cc2)c(C(C)(C)C)c1. The third kappa shape index (κ3) is 3.82. The minimum atomic E-state index is 0.0183. The fourth-order valence-corrected chi connectivity index (χ4v) is 2.33. The monoisotopic (exact) mass is 297 g/mol. The molecular weight excluding hydrogens is 270 g/mol. The first-order valence-electron chi connectivity index (χ1n) is 7.76. The van der Waals surface area contributed by atoms with E-state index in [4.69, 9.17) is 10.5 Å². The van der Waals surface area contributed by atoms with Crippen LogP contribution < -0.4 is 10.5 Å². The third-order valence-corrected chi connectivity index (χ3v) is 3.76. The van der Waals surface area contributed by atoms with E-state index < -0.39 is 0 Å². The van der Waals surface area contributed by atoms with Crippen LogP contribution in [-0.4, -0.2) is 0 Å². The highest BCUT2D eigenvalue weighted by Crippen LogP contribution is 2.37. The van der Waals surface area contributed by atoms with Gasteiger partial charge in [0.05, 0.1) is 0 Å². The number of hydrogen-bond donors (Lipinski definition) is 1. The van der Waals surface area contributed by atoms with Crippen LogP contribution in [-0.2, 0) is 10.8 Å². The van der Waals surface area contributed by atoms with Gasteiger partial charge in [0.15, 0.2) is 0 Å². The molecule has 0 spiro atoms. The summed E-state index contributed by atoms with van der Waals surface area (Å²) in [5.41, 5.74) is 9.16. The lowest BCUT2D eigenvalue weighted by atomic mass is 9.80. The minimum Gasteiger partial charge on any atom is -0.457 e. The molecule has 2 aromatic carbocycles. The van der Waals surface area contributed by atoms with Crippen LogP contribution in [0.4, 0.5) is 5.69 Å². The summed E-state index contributed by atoms with van der Waals surface area (Å²) in [5.74, 6) is 1.72. The van der Waals surface area contributed by atoms with Crippen LogP contribution in [0.2, 0.25) is 0 Å². The van der Waals surface area contributed by atoms with E-state index in [2.05, 4.69) is 59.7 Å². The molecule has 0 aliphatic heterocycles. The number of rotatable bonds is 2. The average Bonchev–Trinajstić information content (AvgIpc) is 2.39. The standard InChI is InChI=1S/C20H27NO/c1-19(2,3)14-7-12-18(17(13-14)20(4,5)6)22-16-10-8-15(21)9-11-16/h7-13H,21H2,1-6H3. The second kappa shape index (κ2) is 5.68. The molecule has 0 heterocycles. The Hall–Kier alpha value is -1.96.